The molecule has 5 heteroatoms. The number of nitrogens with two attached hydrogens (primary N) is 2. The molecule has 0 unspecified atom stereocenters. The van der Waals surface area contributed by atoms with Crippen molar-refractivity contribution in [2.75, 3.05) is 5.73 Å². The van der Waals surface area contributed by atoms with Gasteiger partial charge in [-0.15, -0.1) is 0 Å². The van der Waals surface area contributed by atoms with E-state index in [1.54, 1.807) is 20.8 Å². The molecule has 0 aromatic heterocycles. The number of hydrogen-bond donors (Lipinski definition) is 2. The molecule has 1 aromatic carbocycles. The number of anilines is 1. The SMILES string of the molecule is Cc1cc(C(N)=O)c(F)c(N)c1C(C)(C)C#N. The van der Waals surface area contributed by atoms with Gasteiger partial charge in [-0.05, 0) is 32.4 Å². The van der Waals surface area contributed by atoms with Crippen LogP contribution in [0.4, 0.5) is 10.1 Å². The minimum Gasteiger partial charge on any atom is -0.396 e. The zero-order valence-corrected chi connectivity index (χ0v) is 9.97. The minimum absolute atomic E-state index is 0.189. The predicted molar refractivity (Wildman–Crippen MR) is 62.7 cm³/mol. The lowest BCUT2D eigenvalue weighted by Crippen LogP contribution is -2.22. The van der Waals surface area contributed by atoms with E-state index in [0.29, 0.717) is 11.1 Å². The van der Waals surface area contributed by atoms with Crippen molar-refractivity contribution in [2.24, 2.45) is 5.73 Å². The lowest BCUT2D eigenvalue weighted by Gasteiger charge is -2.22. The summed E-state index contributed by atoms with van der Waals surface area (Å²) >= 11 is 0. The number of carbonyl (C=O) groups excluding carboxylic acids is 1. The van der Waals surface area contributed by atoms with Gasteiger partial charge >= 0.3 is 0 Å². The molecule has 0 radical (unpaired) electrons. The predicted octanol–water partition coefficient (Wildman–Crippen LogP) is 1.62. The summed E-state index contributed by atoms with van der Waals surface area (Å²) in [5, 5.41) is 9.05. The van der Waals surface area contributed by atoms with E-state index in [4.69, 9.17) is 16.7 Å². The quantitative estimate of drug-likeness (QED) is 0.763. The summed E-state index contributed by atoms with van der Waals surface area (Å²) in [5.74, 6) is -1.74. The molecule has 0 aliphatic carbocycles. The third-order valence-corrected chi connectivity index (χ3v) is 2.67. The molecule has 0 saturated heterocycles. The number of primary amides is 1. The van der Waals surface area contributed by atoms with Gasteiger partial charge in [0.15, 0.2) is 5.82 Å². The average Bonchev–Trinajstić information content (AvgIpc) is 2.22. The van der Waals surface area contributed by atoms with Crippen molar-refractivity contribution in [1.29, 1.82) is 5.26 Å². The normalized spacial score (nSPS) is 11.0. The van der Waals surface area contributed by atoms with E-state index in [-0.39, 0.29) is 11.3 Å². The van der Waals surface area contributed by atoms with E-state index in [2.05, 4.69) is 6.07 Å². The number of rotatable bonds is 2. The van der Waals surface area contributed by atoms with Gasteiger partial charge in [0, 0.05) is 5.56 Å². The lowest BCUT2D eigenvalue weighted by atomic mass is 9.81. The first kappa shape index (κ1) is 13.0. The first-order chi connectivity index (χ1) is 7.72. The van der Waals surface area contributed by atoms with Crippen LogP contribution in [0.25, 0.3) is 0 Å². The van der Waals surface area contributed by atoms with Crippen LogP contribution in [0.2, 0.25) is 0 Å². The number of nitriles is 1. The maximum absolute atomic E-state index is 13.8. The Balaban J connectivity index is 3.64. The Labute approximate surface area is 99.0 Å². The highest BCUT2D eigenvalue weighted by Crippen LogP contribution is 2.34. The van der Waals surface area contributed by atoms with E-state index in [1.807, 2.05) is 0 Å². The second kappa shape index (κ2) is 4.06. The summed E-state index contributed by atoms with van der Waals surface area (Å²) in [6, 6.07) is 3.37. The van der Waals surface area contributed by atoms with Crippen LogP contribution in [-0.4, -0.2) is 5.91 Å². The number of halogens is 1. The number of carbonyl (C=O) groups is 1. The Hall–Kier alpha value is -2.09. The maximum atomic E-state index is 13.8. The zero-order valence-electron chi connectivity index (χ0n) is 9.97. The molecular formula is C12H14FN3O. The highest BCUT2D eigenvalue weighted by molar-refractivity contribution is 5.94. The van der Waals surface area contributed by atoms with Crippen LogP contribution in [0.5, 0.6) is 0 Å². The molecule has 0 atom stereocenters. The first-order valence-corrected chi connectivity index (χ1v) is 5.02. The second-order valence-electron chi connectivity index (χ2n) is 4.44. The van der Waals surface area contributed by atoms with Gasteiger partial charge in [0.25, 0.3) is 5.91 Å². The van der Waals surface area contributed by atoms with E-state index >= 15 is 0 Å². The fourth-order valence-corrected chi connectivity index (χ4v) is 1.88. The summed E-state index contributed by atoms with van der Waals surface area (Å²) in [7, 11) is 0. The first-order valence-electron chi connectivity index (χ1n) is 5.02. The van der Waals surface area contributed by atoms with Gasteiger partial charge in [-0.3, -0.25) is 4.79 Å². The topological polar surface area (TPSA) is 92.9 Å². The molecule has 1 rings (SSSR count). The van der Waals surface area contributed by atoms with Crippen molar-refractivity contribution < 1.29 is 9.18 Å². The van der Waals surface area contributed by atoms with Crippen LogP contribution in [-0.2, 0) is 5.41 Å². The maximum Gasteiger partial charge on any atom is 0.251 e. The third-order valence-electron chi connectivity index (χ3n) is 2.67. The van der Waals surface area contributed by atoms with Gasteiger partial charge in [0.2, 0.25) is 0 Å². The Morgan fingerprint density at radius 1 is 1.53 bits per heavy atom. The molecule has 0 bridgehead atoms. The molecule has 4 nitrogen and oxygen atoms in total. The molecule has 1 aromatic rings. The summed E-state index contributed by atoms with van der Waals surface area (Å²) < 4.78 is 13.8. The average molecular weight is 235 g/mol. The largest absolute Gasteiger partial charge is 0.396 e. The number of aryl methyl sites for hydroxylation is 1. The van der Waals surface area contributed by atoms with Crippen LogP contribution in [0.15, 0.2) is 6.07 Å². The van der Waals surface area contributed by atoms with E-state index in [1.165, 1.54) is 6.07 Å². The smallest absolute Gasteiger partial charge is 0.251 e. The van der Waals surface area contributed by atoms with Crippen molar-refractivity contribution >= 4 is 11.6 Å². The van der Waals surface area contributed by atoms with Gasteiger partial charge in [-0.2, -0.15) is 5.26 Å². The van der Waals surface area contributed by atoms with Crippen LogP contribution >= 0.6 is 0 Å². The van der Waals surface area contributed by atoms with E-state index < -0.39 is 17.1 Å². The number of amides is 1. The number of hydrogen-bond acceptors (Lipinski definition) is 3. The Kier molecular flexibility index (Phi) is 3.10. The minimum atomic E-state index is -0.925. The molecule has 90 valence electrons. The second-order valence-corrected chi connectivity index (χ2v) is 4.44. The van der Waals surface area contributed by atoms with Crippen molar-refractivity contribution in [3.63, 3.8) is 0 Å². The van der Waals surface area contributed by atoms with Gasteiger partial charge < -0.3 is 11.5 Å². The van der Waals surface area contributed by atoms with Gasteiger partial charge in [0.05, 0.1) is 22.7 Å². The Morgan fingerprint density at radius 2 is 2.06 bits per heavy atom. The molecular weight excluding hydrogens is 221 g/mol. The van der Waals surface area contributed by atoms with E-state index in [0.717, 1.165) is 0 Å². The summed E-state index contributed by atoms with van der Waals surface area (Å²) in [4.78, 5) is 11.0. The molecule has 0 aliphatic rings. The Bertz CT molecular complexity index is 530. The van der Waals surface area contributed by atoms with Crippen molar-refractivity contribution in [3.05, 3.63) is 28.6 Å². The highest BCUT2D eigenvalue weighted by atomic mass is 19.1. The zero-order chi connectivity index (χ0) is 13.4. The van der Waals surface area contributed by atoms with Crippen LogP contribution in [0.1, 0.15) is 35.3 Å². The third kappa shape index (κ3) is 2.07. The molecule has 4 N–H and O–H groups in total. The van der Waals surface area contributed by atoms with Gasteiger partial charge in [-0.25, -0.2) is 4.39 Å². The lowest BCUT2D eigenvalue weighted by molar-refractivity contribution is 0.0996. The van der Waals surface area contributed by atoms with Gasteiger partial charge in [0.1, 0.15) is 0 Å². The van der Waals surface area contributed by atoms with Crippen LogP contribution in [0.3, 0.4) is 0 Å². The number of nitrogens with zero attached hydrogens (tertiary/aromatic N) is 1. The van der Waals surface area contributed by atoms with Crippen LogP contribution in [0, 0.1) is 24.1 Å². The molecule has 0 saturated carbocycles. The van der Waals surface area contributed by atoms with E-state index in [9.17, 15) is 9.18 Å². The van der Waals surface area contributed by atoms with Crippen molar-refractivity contribution in [3.8, 4) is 6.07 Å². The standard InChI is InChI=1S/C12H14FN3O/c1-6-4-7(11(16)17)9(13)10(15)8(6)12(2,3)5-14/h4H,15H2,1-3H3,(H2,16,17). The fourth-order valence-electron chi connectivity index (χ4n) is 1.88. The molecule has 0 spiro atoms. The number of benzene rings is 1. The summed E-state index contributed by atoms with van der Waals surface area (Å²) in [5.41, 5.74) is 10.3. The van der Waals surface area contributed by atoms with Crippen molar-refractivity contribution in [1.82, 2.24) is 0 Å². The van der Waals surface area contributed by atoms with Crippen molar-refractivity contribution in [2.45, 2.75) is 26.2 Å². The monoisotopic (exact) mass is 235 g/mol. The number of nitrogen functional groups attached to an aromatic ring is 1. The highest BCUT2D eigenvalue weighted by Gasteiger charge is 2.28. The molecule has 17 heavy (non-hydrogen) atoms. The summed E-state index contributed by atoms with van der Waals surface area (Å²) in [6.45, 7) is 4.93. The van der Waals surface area contributed by atoms with Gasteiger partial charge in [-0.1, -0.05) is 0 Å². The molecule has 0 fully saturated rings. The summed E-state index contributed by atoms with van der Waals surface area (Å²) in [6.07, 6.45) is 0. The van der Waals surface area contributed by atoms with Crippen LogP contribution < -0.4 is 11.5 Å². The fraction of sp³-hybridized carbons (Fsp3) is 0.333. The molecule has 1 amide bonds. The molecule has 0 aliphatic heterocycles. The Morgan fingerprint density at radius 3 is 2.47 bits per heavy atom. The molecule has 0 heterocycles.